The van der Waals surface area contributed by atoms with Crippen molar-refractivity contribution in [2.75, 3.05) is 22.1 Å². The number of aliphatic hydroxyl groups is 1. The van der Waals surface area contributed by atoms with Crippen LogP contribution in [0.2, 0.25) is 0 Å². The highest BCUT2D eigenvalue weighted by Crippen LogP contribution is 2.19. The lowest BCUT2D eigenvalue weighted by atomic mass is 10.2. The first-order chi connectivity index (χ1) is 18.8. The number of carbonyl (C=O) groups excluding carboxylic acids is 1. The Bertz CT molecular complexity index is 1430. The van der Waals surface area contributed by atoms with Crippen LogP contribution in [-0.4, -0.2) is 57.9 Å². The normalized spacial score (nSPS) is 12.1. The summed E-state index contributed by atoms with van der Waals surface area (Å²) in [5, 5.41) is 32.4. The van der Waals surface area contributed by atoms with E-state index in [2.05, 4.69) is 31.0 Å². The second-order valence-corrected chi connectivity index (χ2v) is 12.6. The molecule has 2 heterocycles. The molecule has 4 aromatic rings. The third-order valence-corrected chi connectivity index (χ3v) is 8.57. The molecular weight excluding hydrogens is 565 g/mol. The van der Waals surface area contributed by atoms with Crippen LogP contribution in [0.15, 0.2) is 60.7 Å². The molecule has 0 spiro atoms. The number of aromatic nitrogens is 4. The second-order valence-electron chi connectivity index (χ2n) is 8.13. The van der Waals surface area contributed by atoms with Gasteiger partial charge in [-0.25, -0.2) is 13.2 Å². The minimum Gasteiger partial charge on any atom is -0.444 e. The average molecular weight is 591 g/mol. The molecule has 4 rings (SSSR count). The Morgan fingerprint density at radius 2 is 1.36 bits per heavy atom. The number of nitrogens with zero attached hydrogens (tertiary/aromatic N) is 4. The summed E-state index contributed by atoms with van der Waals surface area (Å²) in [6, 6.07) is 18.6. The van der Waals surface area contributed by atoms with Gasteiger partial charge in [-0.15, -0.1) is 20.4 Å². The lowest BCUT2D eigenvalue weighted by Gasteiger charge is -2.12. The summed E-state index contributed by atoms with van der Waals surface area (Å²) in [6.45, 7) is 0.328. The van der Waals surface area contributed by atoms with Crippen molar-refractivity contribution in [2.45, 2.75) is 32.5 Å². The predicted molar refractivity (Wildman–Crippen MR) is 147 cm³/mol. The van der Waals surface area contributed by atoms with Crippen LogP contribution in [-0.2, 0) is 45.4 Å². The zero-order valence-corrected chi connectivity index (χ0v) is 23.0. The van der Waals surface area contributed by atoms with Crippen LogP contribution in [0.4, 0.5) is 15.1 Å². The van der Waals surface area contributed by atoms with E-state index in [1.807, 2.05) is 60.7 Å². The summed E-state index contributed by atoms with van der Waals surface area (Å²) >= 11 is 2.23. The number of ether oxygens (including phenoxy) is 2. The number of carbonyl (C=O) groups is 1. The molecule has 1 atom stereocenters. The molecule has 39 heavy (non-hydrogen) atoms. The van der Waals surface area contributed by atoms with E-state index in [4.69, 9.17) is 9.47 Å². The van der Waals surface area contributed by atoms with E-state index in [1.165, 1.54) is 0 Å². The van der Waals surface area contributed by atoms with Crippen LogP contribution < -0.4 is 10.6 Å². The fraction of sp³-hybridized carbons (Fsp3) is 0.292. The monoisotopic (exact) mass is 590 g/mol. The number of nitrogens with one attached hydrogen (secondary N) is 2. The highest BCUT2D eigenvalue weighted by atomic mass is 32.2. The molecule has 1 amide bonds. The maximum Gasteiger partial charge on any atom is 0.413 e. The molecule has 1 unspecified atom stereocenters. The van der Waals surface area contributed by atoms with Gasteiger partial charge in [0.1, 0.15) is 16.6 Å². The van der Waals surface area contributed by atoms with Gasteiger partial charge < -0.3 is 19.9 Å². The van der Waals surface area contributed by atoms with E-state index < -0.39 is 22.3 Å². The van der Waals surface area contributed by atoms with Gasteiger partial charge in [0.15, 0.2) is 9.84 Å². The molecule has 0 aliphatic carbocycles. The van der Waals surface area contributed by atoms with E-state index >= 15 is 0 Å². The Kier molecular flexibility index (Phi) is 10.3. The molecule has 206 valence electrons. The Labute approximate surface area is 233 Å². The molecule has 0 saturated carbocycles. The summed E-state index contributed by atoms with van der Waals surface area (Å²) < 4.78 is 35.5. The Morgan fingerprint density at radius 1 is 0.821 bits per heavy atom. The van der Waals surface area contributed by atoms with Gasteiger partial charge in [-0.3, -0.25) is 5.32 Å². The first-order valence-corrected chi connectivity index (χ1v) is 15.2. The van der Waals surface area contributed by atoms with Crippen molar-refractivity contribution in [3.05, 3.63) is 81.8 Å². The van der Waals surface area contributed by atoms with E-state index in [-0.39, 0.29) is 42.7 Å². The number of aliphatic hydroxyl groups excluding tert-OH is 1. The summed E-state index contributed by atoms with van der Waals surface area (Å²) in [5.74, 6) is -0.250. The zero-order chi connectivity index (χ0) is 27.5. The van der Waals surface area contributed by atoms with Crippen molar-refractivity contribution in [3.8, 4) is 0 Å². The number of benzene rings is 2. The molecule has 2 aromatic heterocycles. The fourth-order valence-corrected chi connectivity index (χ4v) is 6.10. The van der Waals surface area contributed by atoms with E-state index in [0.29, 0.717) is 15.1 Å². The third kappa shape index (κ3) is 9.96. The number of rotatable bonds is 14. The molecule has 3 N–H and O–H groups in total. The quantitative estimate of drug-likeness (QED) is 0.185. The third-order valence-electron chi connectivity index (χ3n) is 5.11. The molecule has 0 aliphatic heterocycles. The van der Waals surface area contributed by atoms with E-state index in [9.17, 15) is 18.3 Å². The maximum absolute atomic E-state index is 12.5. The van der Waals surface area contributed by atoms with Gasteiger partial charge in [0.25, 0.3) is 0 Å². The molecule has 2 aromatic carbocycles. The summed E-state index contributed by atoms with van der Waals surface area (Å²) in [7, 11) is -3.41. The molecule has 0 aliphatic rings. The minimum atomic E-state index is -3.41. The number of hydrogen-bond donors (Lipinski definition) is 3. The Balaban J connectivity index is 1.15. The van der Waals surface area contributed by atoms with Gasteiger partial charge in [-0.05, 0) is 11.1 Å². The standard InChI is InChI=1S/C24H26N6O6S3/c31-23(35-15-17-7-3-1-4-8-17)25-21-29-27-19(37-21)11-13-39(33,34)14-12-20-28-30-22(38-20)26-24(32)36-16-18-9-5-2-6-10-18/h1-10,23,31H,11-16H2,(H,25,29)(H,26,30,32). The number of amides is 1. The zero-order valence-electron chi connectivity index (χ0n) is 20.6. The van der Waals surface area contributed by atoms with Gasteiger partial charge in [0.2, 0.25) is 16.7 Å². The van der Waals surface area contributed by atoms with Gasteiger partial charge in [-0.1, -0.05) is 83.3 Å². The van der Waals surface area contributed by atoms with Gasteiger partial charge in [0.05, 0.1) is 18.1 Å². The predicted octanol–water partition coefficient (Wildman–Crippen LogP) is 3.24. The van der Waals surface area contributed by atoms with Crippen LogP contribution in [0, 0.1) is 0 Å². The molecule has 0 saturated heterocycles. The summed E-state index contributed by atoms with van der Waals surface area (Å²) in [6.07, 6.45) is -1.62. The van der Waals surface area contributed by atoms with Crippen molar-refractivity contribution < 1.29 is 27.8 Å². The van der Waals surface area contributed by atoms with Crippen molar-refractivity contribution in [1.82, 2.24) is 20.4 Å². The topological polar surface area (TPSA) is 166 Å². The Hall–Kier alpha value is -3.50. The fourth-order valence-electron chi connectivity index (χ4n) is 3.15. The Morgan fingerprint density at radius 3 is 1.97 bits per heavy atom. The second kappa shape index (κ2) is 14.0. The van der Waals surface area contributed by atoms with E-state index in [0.717, 1.165) is 33.8 Å². The van der Waals surface area contributed by atoms with Gasteiger partial charge in [-0.2, -0.15) is 0 Å². The molecule has 0 bridgehead atoms. The lowest BCUT2D eigenvalue weighted by Crippen LogP contribution is -2.22. The van der Waals surface area contributed by atoms with Gasteiger partial charge >= 0.3 is 6.09 Å². The summed E-state index contributed by atoms with van der Waals surface area (Å²) in [4.78, 5) is 12.0. The largest absolute Gasteiger partial charge is 0.444 e. The summed E-state index contributed by atoms with van der Waals surface area (Å²) in [5.41, 5.74) is 1.76. The first kappa shape index (κ1) is 28.5. The number of hydrogen-bond acceptors (Lipinski definition) is 13. The molecular formula is C24H26N6O6S3. The van der Waals surface area contributed by atoms with Crippen LogP contribution in [0.25, 0.3) is 0 Å². The van der Waals surface area contributed by atoms with E-state index in [1.54, 1.807) is 0 Å². The number of sulfone groups is 1. The molecule has 12 nitrogen and oxygen atoms in total. The van der Waals surface area contributed by atoms with Crippen molar-refractivity contribution >= 4 is 48.9 Å². The minimum absolute atomic E-state index is 0.116. The first-order valence-electron chi connectivity index (χ1n) is 11.8. The highest BCUT2D eigenvalue weighted by Gasteiger charge is 2.17. The molecule has 0 radical (unpaired) electrons. The number of anilines is 2. The van der Waals surface area contributed by atoms with Gasteiger partial charge in [0, 0.05) is 12.8 Å². The average Bonchev–Trinajstić information content (AvgIpc) is 3.59. The van der Waals surface area contributed by atoms with Crippen molar-refractivity contribution in [1.29, 1.82) is 0 Å². The van der Waals surface area contributed by atoms with Crippen molar-refractivity contribution in [2.24, 2.45) is 0 Å². The lowest BCUT2D eigenvalue weighted by molar-refractivity contribution is -0.0871. The number of aryl methyl sites for hydroxylation is 2. The van der Waals surface area contributed by atoms with Crippen LogP contribution in [0.3, 0.4) is 0 Å². The molecule has 0 fully saturated rings. The smallest absolute Gasteiger partial charge is 0.413 e. The molecule has 15 heteroatoms. The van der Waals surface area contributed by atoms with Crippen molar-refractivity contribution in [3.63, 3.8) is 0 Å². The SMILES string of the molecule is O=C(Nc1nnc(CCS(=O)(=O)CCc2nnc(NC(O)OCc3ccccc3)s2)s1)OCc1ccccc1. The highest BCUT2D eigenvalue weighted by molar-refractivity contribution is 7.91. The van der Waals surface area contributed by atoms with Crippen LogP contribution >= 0.6 is 22.7 Å². The maximum atomic E-state index is 12.5. The van der Waals surface area contributed by atoms with Crippen LogP contribution in [0.1, 0.15) is 21.1 Å². The van der Waals surface area contributed by atoms with Crippen LogP contribution in [0.5, 0.6) is 0 Å².